The standard InChI is InChI=1S/C30H35FN3O11P/c1-20(27(38)41-17-9-14-25(36)42-18-21-10-5-3-6-11-21)34(45-22-12-7-4-8-13-22)46(40)43-19-23-26(37)30(2,31)28(44-23)33-16-15-24(35)32-29(33)39/h3-8,10-13,15-16,20,23,26,28,37,46H,9,14,17-19H2,1-2H3,(H,32,35,39)/t20?,23-,26-,28-,30-/m1/s1. The number of nitrogens with one attached hydrogen (secondary N) is 1. The maximum Gasteiger partial charge on any atom is 0.330 e. The monoisotopic (exact) mass is 663 g/mol. The number of carbonyl (C=O) groups is 2. The van der Waals surface area contributed by atoms with E-state index >= 15 is 4.39 Å². The predicted octanol–water partition coefficient (Wildman–Crippen LogP) is 2.68. The largest absolute Gasteiger partial charge is 0.464 e. The van der Waals surface area contributed by atoms with Crippen LogP contribution in [0.15, 0.2) is 82.5 Å². The molecule has 2 unspecified atom stereocenters. The molecule has 2 heterocycles. The summed E-state index contributed by atoms with van der Waals surface area (Å²) >= 11 is 0. The molecule has 0 saturated carbocycles. The number of carbonyl (C=O) groups excluding carboxylic acids is 2. The summed E-state index contributed by atoms with van der Waals surface area (Å²) in [6, 6.07) is 17.0. The van der Waals surface area contributed by atoms with E-state index in [4.69, 9.17) is 23.6 Å². The molecule has 0 amide bonds. The van der Waals surface area contributed by atoms with Gasteiger partial charge in [-0.2, -0.15) is 0 Å². The Morgan fingerprint density at radius 2 is 1.78 bits per heavy atom. The molecule has 2 N–H and O–H groups in total. The van der Waals surface area contributed by atoms with Crippen LogP contribution in [0, 0.1) is 0 Å². The topological polar surface area (TPSA) is 176 Å². The number of aromatic nitrogens is 2. The molecule has 46 heavy (non-hydrogen) atoms. The average Bonchev–Trinajstić information content (AvgIpc) is 3.27. The average molecular weight is 664 g/mol. The zero-order valence-corrected chi connectivity index (χ0v) is 26.1. The van der Waals surface area contributed by atoms with Crippen molar-refractivity contribution in [1.82, 2.24) is 14.4 Å². The van der Waals surface area contributed by atoms with Crippen LogP contribution < -0.4 is 16.1 Å². The van der Waals surface area contributed by atoms with Gasteiger partial charge in [0, 0.05) is 18.7 Å². The number of ether oxygens (including phenoxy) is 3. The molecule has 1 aliphatic rings. The van der Waals surface area contributed by atoms with Crippen molar-refractivity contribution in [3.05, 3.63) is 99.3 Å². The Balaban J connectivity index is 1.34. The van der Waals surface area contributed by atoms with Crippen LogP contribution in [-0.4, -0.2) is 68.6 Å². The molecular formula is C30H35FN3O11P. The lowest BCUT2D eigenvalue weighted by Gasteiger charge is -2.27. The predicted molar refractivity (Wildman–Crippen MR) is 161 cm³/mol. The third-order valence-corrected chi connectivity index (χ3v) is 8.28. The third-order valence-electron chi connectivity index (χ3n) is 7.02. The van der Waals surface area contributed by atoms with Crippen LogP contribution in [0.25, 0.3) is 0 Å². The fourth-order valence-corrected chi connectivity index (χ4v) is 5.50. The first kappa shape index (κ1) is 34.7. The molecule has 0 aliphatic carbocycles. The number of para-hydroxylation sites is 1. The maximum atomic E-state index is 15.5. The van der Waals surface area contributed by atoms with Crippen LogP contribution in [0.1, 0.15) is 38.5 Å². The molecule has 3 aromatic rings. The second kappa shape index (κ2) is 15.9. The maximum absolute atomic E-state index is 15.5. The number of benzene rings is 2. The molecule has 4 rings (SSSR count). The second-order valence-electron chi connectivity index (χ2n) is 10.5. The number of aliphatic hydroxyl groups is 1. The molecule has 2 aromatic carbocycles. The third kappa shape index (κ3) is 8.98. The highest BCUT2D eigenvalue weighted by atomic mass is 31.1. The first-order chi connectivity index (χ1) is 22.0. The van der Waals surface area contributed by atoms with Gasteiger partial charge in [-0.3, -0.25) is 28.5 Å². The second-order valence-corrected chi connectivity index (χ2v) is 11.8. The van der Waals surface area contributed by atoms with E-state index in [2.05, 4.69) is 0 Å². The van der Waals surface area contributed by atoms with Gasteiger partial charge in [-0.05, 0) is 38.0 Å². The molecule has 1 fully saturated rings. The number of alkyl halides is 1. The van der Waals surface area contributed by atoms with Gasteiger partial charge in [-0.15, -0.1) is 0 Å². The van der Waals surface area contributed by atoms with E-state index < -0.39 is 68.1 Å². The molecule has 0 spiro atoms. The fraction of sp³-hybridized carbons (Fsp3) is 0.400. The molecule has 0 radical (unpaired) electrons. The Bertz CT molecular complexity index is 1600. The summed E-state index contributed by atoms with van der Waals surface area (Å²) in [5.41, 5.74) is -3.32. The summed E-state index contributed by atoms with van der Waals surface area (Å²) in [7, 11) is -3.43. The van der Waals surface area contributed by atoms with Gasteiger partial charge in [0.2, 0.25) is 0 Å². The summed E-state index contributed by atoms with van der Waals surface area (Å²) in [5, 5.41) is 10.6. The quantitative estimate of drug-likeness (QED) is 0.105. The van der Waals surface area contributed by atoms with Gasteiger partial charge >= 0.3 is 17.6 Å². The van der Waals surface area contributed by atoms with E-state index in [1.54, 1.807) is 30.3 Å². The number of H-pyrrole nitrogens is 1. The number of hydrogen-bond donors (Lipinski definition) is 2. The Kier molecular flexibility index (Phi) is 12.0. The van der Waals surface area contributed by atoms with Gasteiger partial charge in [0.05, 0.1) is 13.2 Å². The van der Waals surface area contributed by atoms with E-state index in [-0.39, 0.29) is 31.8 Å². The van der Waals surface area contributed by atoms with Crippen LogP contribution in [0.3, 0.4) is 0 Å². The van der Waals surface area contributed by atoms with Crippen molar-refractivity contribution in [2.45, 2.75) is 63.4 Å². The minimum atomic E-state index is -3.43. The van der Waals surface area contributed by atoms with Crippen molar-refractivity contribution >= 4 is 20.1 Å². The Morgan fingerprint density at radius 1 is 1.11 bits per heavy atom. The number of hydrogen-bond acceptors (Lipinski definition) is 11. The van der Waals surface area contributed by atoms with Crippen molar-refractivity contribution < 1.29 is 47.2 Å². The van der Waals surface area contributed by atoms with Crippen LogP contribution in [-0.2, 0) is 39.5 Å². The van der Waals surface area contributed by atoms with Crippen molar-refractivity contribution in [3.63, 3.8) is 0 Å². The Morgan fingerprint density at radius 3 is 2.46 bits per heavy atom. The summed E-state index contributed by atoms with van der Waals surface area (Å²) < 4.78 is 51.1. The highest BCUT2D eigenvalue weighted by Crippen LogP contribution is 2.42. The smallest absolute Gasteiger partial charge is 0.330 e. The van der Waals surface area contributed by atoms with E-state index in [1.807, 2.05) is 35.3 Å². The number of halogens is 1. The SMILES string of the molecule is CC(C(=O)OCCCC(=O)OCc1ccccc1)N(Oc1ccccc1)[PH](=O)OC[C@H]1O[C@@H](n2ccc(=O)[nH]c2=O)[C@](C)(F)[C@@H]1O. The summed E-state index contributed by atoms with van der Waals surface area (Å²) in [4.78, 5) is 57.0. The molecule has 0 bridgehead atoms. The van der Waals surface area contributed by atoms with Crippen molar-refractivity contribution in [1.29, 1.82) is 0 Å². The zero-order chi connectivity index (χ0) is 33.3. The molecule has 248 valence electrons. The lowest BCUT2D eigenvalue weighted by molar-refractivity contribution is -0.156. The highest BCUT2D eigenvalue weighted by molar-refractivity contribution is 7.36. The molecule has 1 aromatic heterocycles. The van der Waals surface area contributed by atoms with E-state index in [0.717, 1.165) is 34.2 Å². The molecule has 1 saturated heterocycles. The zero-order valence-electron chi connectivity index (χ0n) is 25.1. The van der Waals surface area contributed by atoms with Crippen LogP contribution in [0.5, 0.6) is 5.75 Å². The first-order valence-corrected chi connectivity index (χ1v) is 15.6. The Labute approximate surface area is 263 Å². The van der Waals surface area contributed by atoms with Gasteiger partial charge in [0.15, 0.2) is 11.9 Å². The summed E-state index contributed by atoms with van der Waals surface area (Å²) in [6.07, 6.45) is -3.65. The molecule has 14 nitrogen and oxygen atoms in total. The van der Waals surface area contributed by atoms with Crippen LogP contribution in [0.2, 0.25) is 0 Å². The van der Waals surface area contributed by atoms with Crippen LogP contribution >= 0.6 is 8.18 Å². The molecular weight excluding hydrogens is 628 g/mol. The van der Waals surface area contributed by atoms with E-state index in [1.165, 1.54) is 6.92 Å². The number of aromatic amines is 1. The van der Waals surface area contributed by atoms with Gasteiger partial charge in [0.1, 0.15) is 30.6 Å². The normalized spacial score (nSPS) is 22.2. The first-order valence-electron chi connectivity index (χ1n) is 14.4. The van der Waals surface area contributed by atoms with Crippen molar-refractivity contribution in [3.8, 4) is 5.75 Å². The molecule has 1 aliphatic heterocycles. The van der Waals surface area contributed by atoms with E-state index in [0.29, 0.717) is 0 Å². The van der Waals surface area contributed by atoms with Crippen molar-refractivity contribution in [2.24, 2.45) is 0 Å². The number of nitrogens with zero attached hydrogens (tertiary/aromatic N) is 2. The summed E-state index contributed by atoms with van der Waals surface area (Å²) in [5.74, 6) is -1.08. The summed E-state index contributed by atoms with van der Waals surface area (Å²) in [6.45, 7) is 1.75. The van der Waals surface area contributed by atoms with Gasteiger partial charge in [-0.25, -0.2) is 9.18 Å². The molecule has 6 atom stereocenters. The lowest BCUT2D eigenvalue weighted by atomic mass is 9.98. The fourth-order valence-electron chi connectivity index (χ4n) is 4.46. The number of hydroxylamine groups is 1. The minimum Gasteiger partial charge on any atom is -0.464 e. The van der Waals surface area contributed by atoms with E-state index in [9.17, 15) is 28.8 Å². The number of rotatable bonds is 15. The van der Waals surface area contributed by atoms with Gasteiger partial charge in [0.25, 0.3) is 13.7 Å². The lowest BCUT2D eigenvalue weighted by Crippen LogP contribution is -2.43. The Hall–Kier alpha value is -4.14. The van der Waals surface area contributed by atoms with Gasteiger partial charge < -0.3 is 28.7 Å². The van der Waals surface area contributed by atoms with Crippen LogP contribution in [0.4, 0.5) is 4.39 Å². The van der Waals surface area contributed by atoms with Gasteiger partial charge in [-0.1, -0.05) is 53.4 Å². The minimum absolute atomic E-state index is 0.00181. The molecule has 16 heteroatoms. The highest BCUT2D eigenvalue weighted by Gasteiger charge is 2.55. The van der Waals surface area contributed by atoms with Crippen molar-refractivity contribution in [2.75, 3.05) is 13.2 Å². The number of aliphatic hydroxyl groups excluding tert-OH is 1. The number of esters is 2.